The van der Waals surface area contributed by atoms with Crippen LogP contribution in [-0.4, -0.2) is 31.7 Å². The molecule has 0 amide bonds. The highest BCUT2D eigenvalue weighted by molar-refractivity contribution is 7.80. The zero-order valence-electron chi connectivity index (χ0n) is 7.29. The van der Waals surface area contributed by atoms with Gasteiger partial charge in [-0.15, -0.1) is 0 Å². The van der Waals surface area contributed by atoms with E-state index in [9.17, 15) is 0 Å². The molecule has 70 valence electrons. The van der Waals surface area contributed by atoms with Crippen LogP contribution in [0.25, 0.3) is 0 Å². The lowest BCUT2D eigenvalue weighted by Gasteiger charge is -2.15. The van der Waals surface area contributed by atoms with E-state index in [-0.39, 0.29) is 0 Å². The van der Waals surface area contributed by atoms with Crippen molar-refractivity contribution in [2.75, 3.05) is 25.6 Å². The molecule has 1 heterocycles. The van der Waals surface area contributed by atoms with Gasteiger partial charge in [0.1, 0.15) is 0 Å². The van der Waals surface area contributed by atoms with E-state index in [0.717, 1.165) is 32.0 Å². The predicted octanol–water partition coefficient (Wildman–Crippen LogP) is 1.50. The van der Waals surface area contributed by atoms with Crippen LogP contribution in [0.1, 0.15) is 19.3 Å². The van der Waals surface area contributed by atoms with Crippen molar-refractivity contribution in [3.8, 4) is 0 Å². The van der Waals surface area contributed by atoms with Gasteiger partial charge in [-0.2, -0.15) is 12.6 Å². The summed E-state index contributed by atoms with van der Waals surface area (Å²) in [5.41, 5.74) is 0.436. The largest absolute Gasteiger partial charge is 0.379 e. The average Bonchev–Trinajstić information content (AvgIpc) is 2.70. The van der Waals surface area contributed by atoms with Gasteiger partial charge in [-0.3, -0.25) is 0 Å². The average molecular weight is 188 g/mol. The van der Waals surface area contributed by atoms with Crippen LogP contribution >= 0.6 is 12.6 Å². The molecule has 0 bridgehead atoms. The second-order valence-corrected chi connectivity index (χ2v) is 4.27. The fraction of sp³-hybridized carbons (Fsp3) is 1.00. The fourth-order valence-electron chi connectivity index (χ4n) is 1.46. The first-order valence-corrected chi connectivity index (χ1v) is 5.28. The van der Waals surface area contributed by atoms with Gasteiger partial charge in [-0.1, -0.05) is 0 Å². The Kier molecular flexibility index (Phi) is 2.63. The maximum atomic E-state index is 5.75. The van der Waals surface area contributed by atoms with E-state index in [0.29, 0.717) is 11.5 Å². The third-order valence-electron chi connectivity index (χ3n) is 2.81. The van der Waals surface area contributed by atoms with Gasteiger partial charge in [-0.25, -0.2) is 0 Å². The lowest BCUT2D eigenvalue weighted by Crippen LogP contribution is -2.20. The molecule has 2 fully saturated rings. The first-order valence-electron chi connectivity index (χ1n) is 4.65. The maximum Gasteiger partial charge on any atom is 0.0830 e. The number of hydrogen-bond acceptors (Lipinski definition) is 3. The molecule has 1 aliphatic carbocycles. The standard InChI is InChI=1S/C9H16O2S/c12-7-9(2-3-9)6-11-8-1-4-10-5-8/h8,12H,1-7H2. The van der Waals surface area contributed by atoms with Crippen LogP contribution in [0.5, 0.6) is 0 Å². The molecule has 0 N–H and O–H groups in total. The van der Waals surface area contributed by atoms with Gasteiger partial charge in [0, 0.05) is 12.0 Å². The van der Waals surface area contributed by atoms with E-state index in [1.165, 1.54) is 12.8 Å². The normalized spacial score (nSPS) is 32.2. The van der Waals surface area contributed by atoms with E-state index in [1.54, 1.807) is 0 Å². The number of ether oxygens (including phenoxy) is 2. The molecule has 0 radical (unpaired) electrons. The molecule has 0 aromatic rings. The van der Waals surface area contributed by atoms with Crippen molar-refractivity contribution in [1.29, 1.82) is 0 Å². The molecule has 1 unspecified atom stereocenters. The van der Waals surface area contributed by atoms with Crippen LogP contribution in [-0.2, 0) is 9.47 Å². The SMILES string of the molecule is SCC1(COC2CCOC2)CC1. The Morgan fingerprint density at radius 2 is 2.33 bits per heavy atom. The van der Waals surface area contributed by atoms with Crippen molar-refractivity contribution < 1.29 is 9.47 Å². The summed E-state index contributed by atoms with van der Waals surface area (Å²) < 4.78 is 11.0. The summed E-state index contributed by atoms with van der Waals surface area (Å²) in [6.45, 7) is 2.56. The maximum absolute atomic E-state index is 5.75. The van der Waals surface area contributed by atoms with Gasteiger partial charge in [0.2, 0.25) is 0 Å². The Morgan fingerprint density at radius 3 is 2.83 bits per heavy atom. The van der Waals surface area contributed by atoms with E-state index in [2.05, 4.69) is 12.6 Å². The minimum Gasteiger partial charge on any atom is -0.379 e. The van der Waals surface area contributed by atoms with Crippen molar-refractivity contribution in [2.45, 2.75) is 25.4 Å². The van der Waals surface area contributed by atoms with Crippen LogP contribution in [0.2, 0.25) is 0 Å². The summed E-state index contributed by atoms with van der Waals surface area (Å²) in [5.74, 6) is 0.973. The van der Waals surface area contributed by atoms with Gasteiger partial charge >= 0.3 is 0 Å². The molecule has 1 saturated carbocycles. The summed E-state index contributed by atoms with van der Waals surface area (Å²) >= 11 is 4.33. The van der Waals surface area contributed by atoms with Crippen molar-refractivity contribution in [2.24, 2.45) is 5.41 Å². The number of thiol groups is 1. The van der Waals surface area contributed by atoms with Gasteiger partial charge in [0.15, 0.2) is 0 Å². The zero-order chi connectivity index (χ0) is 8.44. The van der Waals surface area contributed by atoms with Crippen LogP contribution in [0.4, 0.5) is 0 Å². The van der Waals surface area contributed by atoms with E-state index in [4.69, 9.17) is 9.47 Å². The summed E-state index contributed by atoms with van der Waals surface area (Å²) in [5, 5.41) is 0. The molecule has 2 aliphatic rings. The van der Waals surface area contributed by atoms with Crippen molar-refractivity contribution >= 4 is 12.6 Å². The summed E-state index contributed by atoms with van der Waals surface area (Å²) in [4.78, 5) is 0. The van der Waals surface area contributed by atoms with Crippen molar-refractivity contribution in [3.63, 3.8) is 0 Å². The van der Waals surface area contributed by atoms with Crippen molar-refractivity contribution in [1.82, 2.24) is 0 Å². The van der Waals surface area contributed by atoms with E-state index >= 15 is 0 Å². The molecule has 3 heteroatoms. The Balaban J connectivity index is 1.67. The smallest absolute Gasteiger partial charge is 0.0830 e. The minimum absolute atomic E-state index is 0.363. The lowest BCUT2D eigenvalue weighted by molar-refractivity contribution is 0.0206. The van der Waals surface area contributed by atoms with Crippen LogP contribution in [0.15, 0.2) is 0 Å². The van der Waals surface area contributed by atoms with Gasteiger partial charge in [0.25, 0.3) is 0 Å². The van der Waals surface area contributed by atoms with Crippen LogP contribution in [0.3, 0.4) is 0 Å². The van der Waals surface area contributed by atoms with Crippen molar-refractivity contribution in [3.05, 3.63) is 0 Å². The third-order valence-corrected chi connectivity index (χ3v) is 3.48. The second-order valence-electron chi connectivity index (χ2n) is 3.95. The molecule has 0 spiro atoms. The Morgan fingerprint density at radius 1 is 1.50 bits per heavy atom. The molecule has 1 aliphatic heterocycles. The molecule has 2 nitrogen and oxygen atoms in total. The number of hydrogen-bond donors (Lipinski definition) is 1. The lowest BCUT2D eigenvalue weighted by atomic mass is 10.1. The number of rotatable bonds is 4. The Labute approximate surface area is 79.0 Å². The third kappa shape index (κ3) is 1.95. The van der Waals surface area contributed by atoms with Crippen LogP contribution in [0, 0.1) is 5.41 Å². The summed E-state index contributed by atoms with van der Waals surface area (Å²) in [7, 11) is 0. The fourth-order valence-corrected chi connectivity index (χ4v) is 1.87. The zero-order valence-corrected chi connectivity index (χ0v) is 8.19. The molecular formula is C9H16O2S. The quantitative estimate of drug-likeness (QED) is 0.674. The topological polar surface area (TPSA) is 18.5 Å². The van der Waals surface area contributed by atoms with Gasteiger partial charge in [0.05, 0.1) is 19.3 Å². The molecule has 2 rings (SSSR count). The summed E-state index contributed by atoms with van der Waals surface area (Å²) in [6.07, 6.45) is 4.03. The van der Waals surface area contributed by atoms with Crippen LogP contribution < -0.4 is 0 Å². The van der Waals surface area contributed by atoms with Gasteiger partial charge in [-0.05, 0) is 25.0 Å². The van der Waals surface area contributed by atoms with Gasteiger partial charge < -0.3 is 9.47 Å². The highest BCUT2D eigenvalue weighted by Crippen LogP contribution is 2.46. The molecular weight excluding hydrogens is 172 g/mol. The van der Waals surface area contributed by atoms with E-state index in [1.807, 2.05) is 0 Å². The van der Waals surface area contributed by atoms with E-state index < -0.39 is 0 Å². The highest BCUT2D eigenvalue weighted by atomic mass is 32.1. The minimum atomic E-state index is 0.363. The molecule has 1 saturated heterocycles. The predicted molar refractivity (Wildman–Crippen MR) is 50.7 cm³/mol. The summed E-state index contributed by atoms with van der Waals surface area (Å²) in [6, 6.07) is 0. The first kappa shape index (κ1) is 8.85. The molecule has 0 aromatic carbocycles. The molecule has 0 aromatic heterocycles. The molecule has 12 heavy (non-hydrogen) atoms. The Hall–Kier alpha value is 0.270. The monoisotopic (exact) mass is 188 g/mol. The highest BCUT2D eigenvalue weighted by Gasteiger charge is 2.42. The second kappa shape index (κ2) is 3.56. The first-order chi connectivity index (χ1) is 5.85. The Bertz CT molecular complexity index is 151. The molecule has 1 atom stereocenters.